The molecular formula is C56H102N8O5S. The summed E-state index contributed by atoms with van der Waals surface area (Å²) in [5.41, 5.74) is 6.85. The summed E-state index contributed by atoms with van der Waals surface area (Å²) >= 11 is 0. The van der Waals surface area contributed by atoms with Crippen molar-refractivity contribution in [1.82, 2.24) is 35.2 Å². The van der Waals surface area contributed by atoms with Gasteiger partial charge in [0, 0.05) is 60.4 Å². The second-order valence-electron chi connectivity index (χ2n) is 16.4. The Kier molecular flexibility index (Phi) is 48.8. The van der Waals surface area contributed by atoms with Crippen LogP contribution in [0.25, 0.3) is 0 Å². The van der Waals surface area contributed by atoms with Gasteiger partial charge in [-0.1, -0.05) is 200 Å². The van der Waals surface area contributed by atoms with Crippen LogP contribution in [0.5, 0.6) is 0 Å². The van der Waals surface area contributed by atoms with Crippen molar-refractivity contribution in [2.45, 2.75) is 216 Å². The minimum atomic E-state index is -3.23. The summed E-state index contributed by atoms with van der Waals surface area (Å²) < 4.78 is 39.5. The minimum Gasteiger partial charge on any atom is -0.446 e. The standard InChI is InChI=1S/C8H12.2C7H11NO.2C6H10N2.C6H9NO2S.C6H9NO.5C2H6/c1-7(2)8-5-3-4-6-8;1-5(2)7-4-8-6(3)9-7;1-5(2)7-4-6(3)8-9-7;2*1-5(2)6-3-7-4-8-6;1-5(2)6-3-7-10(8,9)4-6;1-5(2)6-3-7-8-4-6;5*1-2/h3-5,7H,6H2,1-2H3;2*4-5H,1-3H3;2*3-5H,1-2H3,(H,7,8);3-5H,1-2H3;3-5H,1-2H3;5*1-2H3. The number of imidazole rings is 2. The molecule has 5 aromatic heterocycles. The molecule has 0 spiro atoms. The summed E-state index contributed by atoms with van der Waals surface area (Å²) in [4.78, 5) is 17.8. The molecule has 14 heteroatoms. The van der Waals surface area contributed by atoms with Gasteiger partial charge < -0.3 is 23.4 Å². The lowest BCUT2D eigenvalue weighted by Gasteiger charge is -2.02. The van der Waals surface area contributed by atoms with Gasteiger partial charge in [-0.3, -0.25) is 0 Å². The fourth-order valence-electron chi connectivity index (χ4n) is 4.51. The number of H-pyrrole nitrogens is 2. The Bertz CT molecular complexity index is 1930. The van der Waals surface area contributed by atoms with Crippen molar-refractivity contribution in [3.05, 3.63) is 125 Å². The largest absolute Gasteiger partial charge is 0.446 e. The normalized spacial score (nSPS) is 11.8. The Balaban J connectivity index is -0.000000228. The number of aryl methyl sites for hydroxylation is 2. The summed E-state index contributed by atoms with van der Waals surface area (Å²) in [6.45, 7) is 53.2. The number of aromatic amines is 2. The highest BCUT2D eigenvalue weighted by Gasteiger charge is 2.14. The molecule has 0 fully saturated rings. The molecule has 1 aliphatic carbocycles. The first-order valence-corrected chi connectivity index (χ1v) is 27.2. The molecule has 2 N–H and O–H groups in total. The van der Waals surface area contributed by atoms with Crippen molar-refractivity contribution in [3.63, 3.8) is 0 Å². The van der Waals surface area contributed by atoms with Crippen molar-refractivity contribution < 1.29 is 21.9 Å². The summed E-state index contributed by atoms with van der Waals surface area (Å²) in [5.74, 6) is 6.22. The molecule has 0 radical (unpaired) electrons. The predicted octanol–water partition coefficient (Wildman–Crippen LogP) is 17.7. The van der Waals surface area contributed by atoms with Crippen molar-refractivity contribution in [3.8, 4) is 0 Å². The first-order valence-electron chi connectivity index (χ1n) is 25.7. The molecule has 0 saturated heterocycles. The average molecular weight is 1000 g/mol. The van der Waals surface area contributed by atoms with E-state index in [1.807, 2.05) is 115 Å². The minimum absolute atomic E-state index is 0.237. The van der Waals surface area contributed by atoms with Crippen molar-refractivity contribution in [2.24, 2.45) is 16.2 Å². The molecule has 1 aliphatic heterocycles. The molecular weight excluding hydrogens is 897 g/mol. The zero-order valence-corrected chi connectivity index (χ0v) is 49.7. The lowest BCUT2D eigenvalue weighted by Crippen LogP contribution is -1.91. The fourth-order valence-corrected chi connectivity index (χ4v) is 5.51. The Hall–Kier alpha value is -5.11. The summed E-state index contributed by atoms with van der Waals surface area (Å²) in [5, 5.41) is 8.54. The maximum absolute atomic E-state index is 10.7. The molecule has 0 amide bonds. The lowest BCUT2D eigenvalue weighted by atomic mass is 10.0. The van der Waals surface area contributed by atoms with E-state index >= 15 is 0 Å². The lowest BCUT2D eigenvalue weighted by molar-refractivity contribution is 0.368. The van der Waals surface area contributed by atoms with Gasteiger partial charge >= 0.3 is 0 Å². The van der Waals surface area contributed by atoms with E-state index in [2.05, 4.69) is 145 Å². The van der Waals surface area contributed by atoms with Crippen molar-refractivity contribution in [1.29, 1.82) is 0 Å². The summed E-state index contributed by atoms with van der Waals surface area (Å²) in [6, 6.07) is 1.96. The van der Waals surface area contributed by atoms with Crippen LogP contribution in [-0.2, 0) is 10.0 Å². The van der Waals surface area contributed by atoms with E-state index in [9.17, 15) is 8.42 Å². The Morgan fingerprint density at radius 1 is 0.600 bits per heavy atom. The van der Waals surface area contributed by atoms with Crippen LogP contribution in [0.2, 0.25) is 0 Å². The van der Waals surface area contributed by atoms with Gasteiger partial charge in [0.1, 0.15) is 17.8 Å². The number of hydrogen-bond donors (Lipinski definition) is 2. The van der Waals surface area contributed by atoms with E-state index in [1.54, 1.807) is 36.9 Å². The maximum atomic E-state index is 10.7. The van der Waals surface area contributed by atoms with Crippen LogP contribution in [-0.4, -0.2) is 49.9 Å². The first-order chi connectivity index (χ1) is 33.1. The van der Waals surface area contributed by atoms with E-state index in [0.29, 0.717) is 29.6 Å². The predicted molar refractivity (Wildman–Crippen MR) is 300 cm³/mol. The Labute approximate surface area is 428 Å². The number of nitrogens with one attached hydrogen (secondary N) is 2. The molecule has 13 nitrogen and oxygen atoms in total. The first kappa shape index (κ1) is 73.8. The highest BCUT2D eigenvalue weighted by molar-refractivity contribution is 7.93. The molecule has 0 saturated carbocycles. The van der Waals surface area contributed by atoms with Crippen LogP contribution in [0.1, 0.15) is 242 Å². The van der Waals surface area contributed by atoms with Gasteiger partial charge in [0.05, 0.1) is 36.2 Å². The molecule has 0 aromatic carbocycles. The van der Waals surface area contributed by atoms with Gasteiger partial charge in [-0.15, -0.1) is 0 Å². The van der Waals surface area contributed by atoms with Gasteiger partial charge in [0.2, 0.25) is 0 Å². The van der Waals surface area contributed by atoms with Gasteiger partial charge in [-0.2, -0.15) is 12.8 Å². The van der Waals surface area contributed by atoms with E-state index in [4.69, 9.17) is 8.94 Å². The maximum Gasteiger partial charge on any atom is 0.275 e. The highest BCUT2D eigenvalue weighted by Crippen LogP contribution is 2.19. The zero-order chi connectivity index (χ0) is 55.4. The molecule has 7 rings (SSSR count). The molecule has 2 aliphatic rings. The number of sulfonamides is 1. The number of nitrogens with zero attached hydrogens (tertiary/aromatic N) is 6. The van der Waals surface area contributed by atoms with Gasteiger partial charge in [-0.05, 0) is 48.5 Å². The number of oxazole rings is 1. The van der Waals surface area contributed by atoms with Crippen LogP contribution in [0.15, 0.2) is 102 Å². The number of rotatable bonds is 7. The van der Waals surface area contributed by atoms with Crippen LogP contribution in [0, 0.1) is 25.7 Å². The monoisotopic (exact) mass is 999 g/mol. The van der Waals surface area contributed by atoms with Gasteiger partial charge in [0.25, 0.3) is 10.0 Å². The van der Waals surface area contributed by atoms with E-state index < -0.39 is 10.0 Å². The molecule has 5 aromatic rings. The molecule has 0 bridgehead atoms. The number of allylic oxidation sites excluding steroid dienone is 5. The third-order valence-electron chi connectivity index (χ3n) is 8.67. The molecule has 6 heterocycles. The quantitative estimate of drug-likeness (QED) is 0.159. The van der Waals surface area contributed by atoms with Gasteiger partial charge in [-0.25, -0.2) is 15.0 Å². The molecule has 402 valence electrons. The van der Waals surface area contributed by atoms with Gasteiger partial charge in [0.15, 0.2) is 5.89 Å². The highest BCUT2D eigenvalue weighted by atomic mass is 32.2. The molecule has 0 unspecified atom stereocenters. The topological polar surface area (TPSA) is 182 Å². The fraction of sp³-hybridized carbons (Fsp3) is 0.607. The van der Waals surface area contributed by atoms with Crippen LogP contribution in [0.4, 0.5) is 0 Å². The van der Waals surface area contributed by atoms with Crippen LogP contribution >= 0.6 is 0 Å². The second-order valence-corrected chi connectivity index (χ2v) is 17.9. The molecule has 0 atom stereocenters. The molecule has 70 heavy (non-hydrogen) atoms. The summed E-state index contributed by atoms with van der Waals surface area (Å²) in [7, 11) is -3.23. The van der Waals surface area contributed by atoms with Crippen molar-refractivity contribution >= 4 is 16.2 Å². The Morgan fingerprint density at radius 2 is 1.10 bits per heavy atom. The third kappa shape index (κ3) is 37.7. The van der Waals surface area contributed by atoms with E-state index in [1.165, 1.54) is 29.4 Å². The average Bonchev–Trinajstić information content (AvgIpc) is 4.19. The van der Waals surface area contributed by atoms with E-state index in [-0.39, 0.29) is 5.92 Å². The number of hydrogen-bond acceptors (Lipinski definition) is 10. The van der Waals surface area contributed by atoms with Crippen LogP contribution < -0.4 is 0 Å². The SMILES string of the molecule is CC.CC.CC.CC.CC.CC(C)C1=CC=CC1.CC(C)C1=CS(=O)(=O)N=C1.CC(C)c1cnc[nH]1.CC(C)c1cnc[nH]1.CC(C)c1cnoc1.Cc1cc(C(C)C)on1.Cc1ncc(C(C)C)o1. The summed E-state index contributed by atoms with van der Waals surface area (Å²) in [6.07, 6.45) is 21.4. The smallest absolute Gasteiger partial charge is 0.275 e. The van der Waals surface area contributed by atoms with Crippen molar-refractivity contribution in [2.75, 3.05) is 0 Å². The third-order valence-corrected chi connectivity index (χ3v) is 9.64. The van der Waals surface area contributed by atoms with Crippen LogP contribution in [0.3, 0.4) is 0 Å². The number of aromatic nitrogens is 7. The second kappa shape index (κ2) is 46.3. The zero-order valence-electron chi connectivity index (χ0n) is 48.9. The van der Waals surface area contributed by atoms with E-state index in [0.717, 1.165) is 40.2 Å². The Morgan fingerprint density at radius 3 is 1.27 bits per heavy atom.